The van der Waals surface area contributed by atoms with E-state index in [1.165, 1.54) is 18.4 Å². The third-order valence-electron chi connectivity index (χ3n) is 5.60. The maximum absolute atomic E-state index is 13.7. The molecule has 0 unspecified atom stereocenters. The molecule has 1 aromatic heterocycles. The molecule has 9 heteroatoms. The van der Waals surface area contributed by atoms with Crippen LogP contribution < -0.4 is 24.4 Å². The summed E-state index contributed by atoms with van der Waals surface area (Å²) in [6, 6.07) is 12.7. The summed E-state index contributed by atoms with van der Waals surface area (Å²) in [5.41, 5.74) is 2.42. The summed E-state index contributed by atoms with van der Waals surface area (Å²) in [7, 11) is 2.95. The fourth-order valence-electron chi connectivity index (χ4n) is 4.10. The number of hydrogen-bond acceptors (Lipinski definition) is 7. The average molecular weight is 604 g/mol. The molecule has 2 heterocycles. The summed E-state index contributed by atoms with van der Waals surface area (Å²) in [5, 5.41) is 0. The predicted octanol–water partition coefficient (Wildman–Crippen LogP) is 3.81. The first-order chi connectivity index (χ1) is 16.9. The highest BCUT2D eigenvalue weighted by Crippen LogP contribution is 2.34. The highest BCUT2D eigenvalue weighted by Gasteiger charge is 2.33. The molecule has 182 valence electrons. The quantitative estimate of drug-likeness (QED) is 0.303. The topological polar surface area (TPSA) is 79.1 Å². The summed E-state index contributed by atoms with van der Waals surface area (Å²) in [6.45, 7) is 4.34. The molecule has 35 heavy (non-hydrogen) atoms. The number of halogens is 1. The number of allylic oxidation sites excluding steroid dienone is 1. The summed E-state index contributed by atoms with van der Waals surface area (Å²) in [5.74, 6) is 0.787. The van der Waals surface area contributed by atoms with Crippen molar-refractivity contribution in [2.75, 3.05) is 20.8 Å². The lowest BCUT2D eigenvalue weighted by atomic mass is 9.95. The van der Waals surface area contributed by atoms with Crippen LogP contribution in [0.2, 0.25) is 0 Å². The van der Waals surface area contributed by atoms with Crippen LogP contribution in [0.15, 0.2) is 63.5 Å². The fraction of sp³-hybridized carbons (Fsp3) is 0.269. The van der Waals surface area contributed by atoms with Crippen LogP contribution in [0.25, 0.3) is 6.08 Å². The molecule has 0 N–H and O–H groups in total. The Hall–Kier alpha value is -2.92. The Bertz CT molecular complexity index is 1470. The van der Waals surface area contributed by atoms with Crippen LogP contribution in [-0.2, 0) is 9.53 Å². The van der Waals surface area contributed by atoms with E-state index in [0.29, 0.717) is 45.1 Å². The van der Waals surface area contributed by atoms with Gasteiger partial charge >= 0.3 is 5.97 Å². The summed E-state index contributed by atoms with van der Waals surface area (Å²) >= 11 is 3.49. The van der Waals surface area contributed by atoms with Gasteiger partial charge in [0.05, 0.1) is 46.2 Å². The second-order valence-electron chi connectivity index (χ2n) is 7.67. The third-order valence-corrected chi connectivity index (χ3v) is 7.38. The van der Waals surface area contributed by atoms with Gasteiger partial charge in [0.1, 0.15) is 0 Å². The number of esters is 1. The molecule has 0 saturated heterocycles. The Morgan fingerprint density at radius 2 is 1.94 bits per heavy atom. The summed E-state index contributed by atoms with van der Waals surface area (Å²) < 4.78 is 19.3. The number of hydrogen-bond donors (Lipinski definition) is 0. The van der Waals surface area contributed by atoms with Gasteiger partial charge in [-0.25, -0.2) is 9.79 Å². The van der Waals surface area contributed by atoms with Gasteiger partial charge in [-0.3, -0.25) is 9.36 Å². The second-order valence-corrected chi connectivity index (χ2v) is 9.84. The molecule has 2 aromatic carbocycles. The highest BCUT2D eigenvalue weighted by atomic mass is 127. The highest BCUT2D eigenvalue weighted by molar-refractivity contribution is 14.1. The number of aromatic nitrogens is 1. The molecule has 0 saturated carbocycles. The number of benzene rings is 2. The zero-order valence-corrected chi connectivity index (χ0v) is 22.8. The molecule has 3 aromatic rings. The molecule has 0 amide bonds. The number of carbonyl (C=O) groups excluding carboxylic acids is 1. The van der Waals surface area contributed by atoms with Gasteiger partial charge in [-0.1, -0.05) is 48.6 Å². The first kappa shape index (κ1) is 25.2. The average Bonchev–Trinajstić information content (AvgIpc) is 3.17. The summed E-state index contributed by atoms with van der Waals surface area (Å²) in [4.78, 5) is 31.8. The standard InChI is InChI=1S/C26H25IN2O5S/c1-5-18-21(25(31)33-4)22(16-10-8-7-9-11-16)29-24(30)20(35-26(29)28-18)14-15-12-17(27)23(32-3)19(13-15)34-6-2/h7-14,22H,5-6H2,1-4H3/b20-14+/t22-/m1/s1. The van der Waals surface area contributed by atoms with Crippen LogP contribution in [0.1, 0.15) is 37.4 Å². The van der Waals surface area contributed by atoms with Gasteiger partial charge in [-0.2, -0.15) is 0 Å². The fourth-order valence-corrected chi connectivity index (χ4v) is 5.96. The van der Waals surface area contributed by atoms with Gasteiger partial charge in [0.15, 0.2) is 16.3 Å². The van der Waals surface area contributed by atoms with Crippen LogP contribution in [0.3, 0.4) is 0 Å². The Kier molecular flexibility index (Phi) is 7.75. The van der Waals surface area contributed by atoms with Crippen molar-refractivity contribution >= 4 is 46.0 Å². The van der Waals surface area contributed by atoms with E-state index in [1.807, 2.05) is 62.4 Å². The number of thiazole rings is 1. The number of nitrogens with zero attached hydrogens (tertiary/aromatic N) is 2. The largest absolute Gasteiger partial charge is 0.492 e. The van der Waals surface area contributed by atoms with Crippen molar-refractivity contribution in [1.29, 1.82) is 0 Å². The molecule has 0 aliphatic carbocycles. The van der Waals surface area contributed by atoms with E-state index in [2.05, 4.69) is 22.6 Å². The first-order valence-corrected chi connectivity index (χ1v) is 13.0. The minimum absolute atomic E-state index is 0.219. The summed E-state index contributed by atoms with van der Waals surface area (Å²) in [6.07, 6.45) is 2.36. The Balaban J connectivity index is 1.96. The molecule has 0 spiro atoms. The molecule has 7 nitrogen and oxygen atoms in total. The monoisotopic (exact) mass is 604 g/mol. The molecular weight excluding hydrogens is 579 g/mol. The SMILES string of the molecule is CCOc1cc(/C=c2/sc3n(c2=O)[C@H](c2ccccc2)C(C(=O)OC)=C(CC)N=3)cc(I)c1OC. The number of fused-ring (bicyclic) bond motifs is 1. The Morgan fingerprint density at radius 1 is 1.20 bits per heavy atom. The third kappa shape index (κ3) is 4.79. The van der Waals surface area contributed by atoms with E-state index < -0.39 is 12.0 Å². The normalized spacial score (nSPS) is 15.5. The van der Waals surface area contributed by atoms with Gasteiger partial charge in [0.25, 0.3) is 5.56 Å². The first-order valence-electron chi connectivity index (χ1n) is 11.1. The number of methoxy groups -OCH3 is 2. The lowest BCUT2D eigenvalue weighted by Gasteiger charge is -2.25. The molecule has 4 rings (SSSR count). The van der Waals surface area contributed by atoms with Gasteiger partial charge in [-0.05, 0) is 65.3 Å². The molecule has 0 fully saturated rings. The van der Waals surface area contributed by atoms with Gasteiger partial charge in [-0.15, -0.1) is 0 Å². The van der Waals surface area contributed by atoms with Crippen molar-refractivity contribution < 1.29 is 19.0 Å². The van der Waals surface area contributed by atoms with Crippen molar-refractivity contribution in [1.82, 2.24) is 4.57 Å². The minimum Gasteiger partial charge on any atom is -0.492 e. The Morgan fingerprint density at radius 3 is 2.57 bits per heavy atom. The maximum atomic E-state index is 13.7. The van der Waals surface area contributed by atoms with Crippen LogP contribution in [-0.4, -0.2) is 31.4 Å². The molecule has 1 aliphatic heterocycles. The van der Waals surface area contributed by atoms with E-state index in [9.17, 15) is 9.59 Å². The van der Waals surface area contributed by atoms with Gasteiger partial charge in [0.2, 0.25) is 0 Å². The van der Waals surface area contributed by atoms with E-state index in [0.717, 1.165) is 14.7 Å². The lowest BCUT2D eigenvalue weighted by Crippen LogP contribution is -2.40. The molecular formula is C26H25IN2O5S. The van der Waals surface area contributed by atoms with Crippen LogP contribution in [0.5, 0.6) is 11.5 Å². The maximum Gasteiger partial charge on any atom is 0.338 e. The van der Waals surface area contributed by atoms with E-state index in [-0.39, 0.29) is 5.56 Å². The van der Waals surface area contributed by atoms with E-state index in [1.54, 1.807) is 11.7 Å². The lowest BCUT2D eigenvalue weighted by molar-refractivity contribution is -0.136. The molecule has 0 radical (unpaired) electrons. The van der Waals surface area contributed by atoms with Crippen LogP contribution >= 0.6 is 33.9 Å². The van der Waals surface area contributed by atoms with Crippen LogP contribution in [0, 0.1) is 3.57 Å². The number of rotatable bonds is 7. The smallest absolute Gasteiger partial charge is 0.338 e. The van der Waals surface area contributed by atoms with E-state index in [4.69, 9.17) is 19.2 Å². The van der Waals surface area contributed by atoms with Gasteiger partial charge in [0, 0.05) is 0 Å². The Labute approximate surface area is 220 Å². The van der Waals surface area contributed by atoms with E-state index >= 15 is 0 Å². The number of ether oxygens (including phenoxy) is 3. The zero-order chi connectivity index (χ0) is 25.1. The van der Waals surface area contributed by atoms with Crippen molar-refractivity contribution in [3.05, 3.63) is 88.1 Å². The van der Waals surface area contributed by atoms with Gasteiger partial charge < -0.3 is 14.2 Å². The van der Waals surface area contributed by atoms with Crippen molar-refractivity contribution in [3.63, 3.8) is 0 Å². The number of carbonyl (C=O) groups is 1. The molecule has 1 atom stereocenters. The predicted molar refractivity (Wildman–Crippen MR) is 144 cm³/mol. The van der Waals surface area contributed by atoms with Crippen molar-refractivity contribution in [2.45, 2.75) is 26.3 Å². The minimum atomic E-state index is -0.619. The van der Waals surface area contributed by atoms with Crippen molar-refractivity contribution in [2.24, 2.45) is 4.99 Å². The molecule has 0 bridgehead atoms. The second kappa shape index (κ2) is 10.8. The molecule has 1 aliphatic rings. The van der Waals surface area contributed by atoms with Crippen LogP contribution in [0.4, 0.5) is 0 Å². The zero-order valence-electron chi connectivity index (χ0n) is 19.8. The van der Waals surface area contributed by atoms with Crippen molar-refractivity contribution in [3.8, 4) is 11.5 Å².